The van der Waals surface area contributed by atoms with Gasteiger partial charge >= 0.3 is 0 Å². The lowest BCUT2D eigenvalue weighted by atomic mass is 9.80. The summed E-state index contributed by atoms with van der Waals surface area (Å²) < 4.78 is 0. The highest BCUT2D eigenvalue weighted by molar-refractivity contribution is 6.42. The number of rotatable bonds is 2. The van der Waals surface area contributed by atoms with Gasteiger partial charge in [0, 0.05) is 18.5 Å². The second-order valence-electron chi connectivity index (χ2n) is 5.00. The Morgan fingerprint density at radius 1 is 1.15 bits per heavy atom. The van der Waals surface area contributed by atoms with Crippen LogP contribution in [0.1, 0.15) is 19.8 Å². The lowest BCUT2D eigenvalue weighted by molar-refractivity contribution is -0.142. The van der Waals surface area contributed by atoms with Crippen LogP contribution < -0.4 is 5.32 Å². The maximum Gasteiger partial charge on any atom is 0.242 e. The highest BCUT2D eigenvalue weighted by atomic mass is 35.5. The molecule has 1 aliphatic carbocycles. The highest BCUT2D eigenvalue weighted by Gasteiger charge is 2.38. The minimum Gasteiger partial charge on any atom is -0.325 e. The van der Waals surface area contributed by atoms with E-state index < -0.39 is 11.8 Å². The molecule has 1 aromatic rings. The van der Waals surface area contributed by atoms with E-state index in [-0.39, 0.29) is 30.3 Å². The quantitative estimate of drug-likeness (QED) is 0.853. The molecule has 20 heavy (non-hydrogen) atoms. The van der Waals surface area contributed by atoms with Crippen molar-refractivity contribution in [1.29, 1.82) is 0 Å². The molecule has 6 heteroatoms. The van der Waals surface area contributed by atoms with Crippen molar-refractivity contribution in [3.05, 3.63) is 28.2 Å². The fourth-order valence-corrected chi connectivity index (χ4v) is 2.55. The summed E-state index contributed by atoms with van der Waals surface area (Å²) in [7, 11) is 0. The van der Waals surface area contributed by atoms with Crippen LogP contribution >= 0.6 is 23.2 Å². The van der Waals surface area contributed by atoms with Gasteiger partial charge in [0.2, 0.25) is 5.91 Å². The molecule has 1 aliphatic rings. The molecule has 0 spiro atoms. The van der Waals surface area contributed by atoms with Crippen molar-refractivity contribution in [2.24, 2.45) is 11.8 Å². The van der Waals surface area contributed by atoms with Gasteiger partial charge in [0.1, 0.15) is 0 Å². The van der Waals surface area contributed by atoms with Crippen molar-refractivity contribution in [2.45, 2.75) is 19.8 Å². The number of hydrogen-bond donors (Lipinski definition) is 1. The van der Waals surface area contributed by atoms with Crippen LogP contribution in [0.3, 0.4) is 0 Å². The summed E-state index contributed by atoms with van der Waals surface area (Å²) in [5.41, 5.74) is 0.406. The van der Waals surface area contributed by atoms with Crippen LogP contribution in [0.5, 0.6) is 0 Å². The molecule has 1 saturated carbocycles. The first kappa shape index (κ1) is 15.0. The van der Waals surface area contributed by atoms with Gasteiger partial charge in [-0.05, 0) is 24.1 Å². The lowest BCUT2D eigenvalue weighted by Gasteiger charge is -2.23. The summed E-state index contributed by atoms with van der Waals surface area (Å²) in [6.07, 6.45) is 0.510. The average molecular weight is 314 g/mol. The third-order valence-corrected chi connectivity index (χ3v) is 3.93. The Bertz CT molecular complexity index is 568. The molecule has 0 atom stereocenters. The van der Waals surface area contributed by atoms with Gasteiger partial charge in [0.15, 0.2) is 17.5 Å². The molecule has 0 aliphatic heterocycles. The fraction of sp³-hybridized carbons (Fsp3) is 0.357. The molecule has 0 heterocycles. The number of Topliss-reactive ketones (excluding diaryl/α,β-unsaturated/α-hetero) is 2. The van der Waals surface area contributed by atoms with E-state index >= 15 is 0 Å². The summed E-state index contributed by atoms with van der Waals surface area (Å²) in [4.78, 5) is 35.7. The minimum atomic E-state index is -1.21. The molecule has 0 unspecified atom stereocenters. The number of halogens is 2. The maximum atomic E-state index is 12.1. The van der Waals surface area contributed by atoms with E-state index in [1.807, 2.05) is 6.92 Å². The smallest absolute Gasteiger partial charge is 0.242 e. The molecular formula is C14H13Cl2NO3. The molecule has 1 amide bonds. The van der Waals surface area contributed by atoms with Crippen LogP contribution in [0.2, 0.25) is 10.0 Å². The number of anilines is 1. The molecule has 1 N–H and O–H groups in total. The molecule has 0 saturated heterocycles. The maximum absolute atomic E-state index is 12.1. The van der Waals surface area contributed by atoms with Crippen LogP contribution in [0, 0.1) is 11.8 Å². The minimum absolute atomic E-state index is 0.00373. The van der Waals surface area contributed by atoms with Gasteiger partial charge in [-0.2, -0.15) is 0 Å². The second-order valence-corrected chi connectivity index (χ2v) is 5.81. The zero-order chi connectivity index (χ0) is 14.9. The van der Waals surface area contributed by atoms with Crippen LogP contribution in [-0.2, 0) is 14.4 Å². The normalized spacial score (nSPS) is 22.8. The van der Waals surface area contributed by atoms with E-state index in [9.17, 15) is 14.4 Å². The molecule has 0 bridgehead atoms. The Hall–Kier alpha value is -1.39. The van der Waals surface area contributed by atoms with Crippen LogP contribution in [-0.4, -0.2) is 17.5 Å². The monoisotopic (exact) mass is 313 g/mol. The van der Waals surface area contributed by atoms with Crippen molar-refractivity contribution in [3.63, 3.8) is 0 Å². The van der Waals surface area contributed by atoms with Gasteiger partial charge in [0.25, 0.3) is 0 Å². The number of ketones is 2. The summed E-state index contributed by atoms with van der Waals surface area (Å²) in [6, 6.07) is 4.57. The van der Waals surface area contributed by atoms with E-state index in [0.717, 1.165) is 0 Å². The van der Waals surface area contributed by atoms with Gasteiger partial charge in [-0.3, -0.25) is 14.4 Å². The summed E-state index contributed by atoms with van der Waals surface area (Å²) in [5.74, 6) is -2.47. The molecule has 1 fully saturated rings. The Balaban J connectivity index is 2.13. The summed E-state index contributed by atoms with van der Waals surface area (Å²) >= 11 is 11.6. The van der Waals surface area contributed by atoms with Gasteiger partial charge in [-0.15, -0.1) is 0 Å². The SMILES string of the molecule is CC1CC(=O)C(C(=O)Nc2ccc(Cl)c(Cl)c2)C(=O)C1. The molecule has 1 aromatic carbocycles. The van der Waals surface area contributed by atoms with E-state index in [2.05, 4.69) is 5.32 Å². The van der Waals surface area contributed by atoms with Crippen LogP contribution in [0.25, 0.3) is 0 Å². The Labute approximate surface area is 126 Å². The highest BCUT2D eigenvalue weighted by Crippen LogP contribution is 2.27. The average Bonchev–Trinajstić information content (AvgIpc) is 2.32. The second kappa shape index (κ2) is 5.94. The van der Waals surface area contributed by atoms with E-state index in [4.69, 9.17) is 23.2 Å². The number of carbonyl (C=O) groups excluding carboxylic acids is 3. The van der Waals surface area contributed by atoms with Crippen molar-refractivity contribution in [2.75, 3.05) is 5.32 Å². The van der Waals surface area contributed by atoms with Crippen LogP contribution in [0.4, 0.5) is 5.69 Å². The van der Waals surface area contributed by atoms with Gasteiger partial charge in [-0.25, -0.2) is 0 Å². The van der Waals surface area contributed by atoms with E-state index in [1.165, 1.54) is 12.1 Å². The first-order valence-electron chi connectivity index (χ1n) is 6.20. The Morgan fingerprint density at radius 3 is 2.30 bits per heavy atom. The van der Waals surface area contributed by atoms with Crippen molar-refractivity contribution in [1.82, 2.24) is 0 Å². The molecule has 4 nitrogen and oxygen atoms in total. The molecule has 0 aromatic heterocycles. The first-order valence-corrected chi connectivity index (χ1v) is 6.95. The number of benzene rings is 1. The Morgan fingerprint density at radius 2 is 1.75 bits per heavy atom. The topological polar surface area (TPSA) is 63.2 Å². The predicted octanol–water partition coefficient (Wildman–Crippen LogP) is 3.12. The molecule has 106 valence electrons. The summed E-state index contributed by atoms with van der Waals surface area (Å²) in [5, 5.41) is 3.19. The zero-order valence-corrected chi connectivity index (χ0v) is 12.3. The molecular weight excluding hydrogens is 301 g/mol. The van der Waals surface area contributed by atoms with Gasteiger partial charge in [-0.1, -0.05) is 30.1 Å². The fourth-order valence-electron chi connectivity index (χ4n) is 2.26. The molecule has 0 radical (unpaired) electrons. The lowest BCUT2D eigenvalue weighted by Crippen LogP contribution is -2.40. The third kappa shape index (κ3) is 3.19. The standard InChI is InChI=1S/C14H13Cl2NO3/c1-7-4-11(18)13(12(19)5-7)14(20)17-8-2-3-9(15)10(16)6-8/h2-3,6-7,13H,4-5H2,1H3,(H,17,20). The zero-order valence-electron chi connectivity index (χ0n) is 10.8. The molecule has 2 rings (SSSR count). The predicted molar refractivity (Wildman–Crippen MR) is 77.0 cm³/mol. The summed E-state index contributed by atoms with van der Waals surface area (Å²) in [6.45, 7) is 1.82. The van der Waals surface area contributed by atoms with Gasteiger partial charge < -0.3 is 5.32 Å². The van der Waals surface area contributed by atoms with Crippen molar-refractivity contribution in [3.8, 4) is 0 Å². The largest absolute Gasteiger partial charge is 0.325 e. The number of hydrogen-bond acceptors (Lipinski definition) is 3. The van der Waals surface area contributed by atoms with Crippen molar-refractivity contribution < 1.29 is 14.4 Å². The van der Waals surface area contributed by atoms with E-state index in [0.29, 0.717) is 15.7 Å². The number of carbonyl (C=O) groups is 3. The number of nitrogens with one attached hydrogen (secondary N) is 1. The van der Waals surface area contributed by atoms with Crippen LogP contribution in [0.15, 0.2) is 18.2 Å². The third-order valence-electron chi connectivity index (χ3n) is 3.19. The van der Waals surface area contributed by atoms with Gasteiger partial charge in [0.05, 0.1) is 10.0 Å². The van der Waals surface area contributed by atoms with Crippen molar-refractivity contribution >= 4 is 46.4 Å². The first-order chi connectivity index (χ1) is 9.38. The number of amides is 1. The van der Waals surface area contributed by atoms with E-state index in [1.54, 1.807) is 6.07 Å². The Kier molecular flexibility index (Phi) is 4.45.